The molecule has 0 aromatic heterocycles. The Morgan fingerprint density at radius 2 is 1.63 bits per heavy atom. The molecular weight excluding hydrogens is 251 g/mol. The lowest BCUT2D eigenvalue weighted by Crippen LogP contribution is -2.28. The van der Waals surface area contributed by atoms with E-state index >= 15 is 0 Å². The minimum absolute atomic E-state index is 0.306. The summed E-state index contributed by atoms with van der Waals surface area (Å²) in [5, 5.41) is 3.19. The van der Waals surface area contributed by atoms with Crippen LogP contribution < -0.4 is 5.32 Å². The molecule has 1 aromatic rings. The van der Waals surface area contributed by atoms with Gasteiger partial charge in [-0.2, -0.15) is 13.2 Å². The van der Waals surface area contributed by atoms with E-state index in [0.717, 1.165) is 6.07 Å². The van der Waals surface area contributed by atoms with E-state index in [9.17, 15) is 13.2 Å². The molecule has 0 fully saturated rings. The van der Waals surface area contributed by atoms with Crippen molar-refractivity contribution in [2.45, 2.75) is 39.9 Å². The maximum Gasteiger partial charge on any atom is 0.416 e. The summed E-state index contributed by atoms with van der Waals surface area (Å²) in [4.78, 5) is 0. The Bertz CT molecular complexity index is 399. The van der Waals surface area contributed by atoms with Crippen LogP contribution in [0, 0.1) is 11.8 Å². The second kappa shape index (κ2) is 6.42. The van der Waals surface area contributed by atoms with E-state index in [4.69, 9.17) is 0 Å². The van der Waals surface area contributed by atoms with E-state index in [1.807, 2.05) is 0 Å². The predicted octanol–water partition coefficient (Wildman–Crippen LogP) is 4.65. The highest BCUT2D eigenvalue weighted by Gasteiger charge is 2.34. The minimum atomic E-state index is -4.30. The van der Waals surface area contributed by atoms with Crippen molar-refractivity contribution >= 4 is 0 Å². The monoisotopic (exact) mass is 273 g/mol. The van der Waals surface area contributed by atoms with Crippen LogP contribution in [0.1, 0.15) is 44.9 Å². The van der Waals surface area contributed by atoms with Crippen LogP contribution in [0.3, 0.4) is 0 Å². The fraction of sp³-hybridized carbons (Fsp3) is 0.600. The molecule has 0 amide bonds. The predicted molar refractivity (Wildman–Crippen MR) is 71.9 cm³/mol. The topological polar surface area (TPSA) is 12.0 Å². The van der Waals surface area contributed by atoms with E-state index in [1.54, 1.807) is 19.1 Å². The van der Waals surface area contributed by atoms with Crippen molar-refractivity contribution in [3.8, 4) is 0 Å². The SMILES string of the molecule is CC(NCC(C)C(C)C)c1ccccc1C(F)(F)F. The summed E-state index contributed by atoms with van der Waals surface area (Å²) in [5.41, 5.74) is -0.238. The fourth-order valence-corrected chi connectivity index (χ4v) is 1.84. The molecule has 19 heavy (non-hydrogen) atoms. The van der Waals surface area contributed by atoms with Gasteiger partial charge in [-0.3, -0.25) is 0 Å². The van der Waals surface area contributed by atoms with Gasteiger partial charge >= 0.3 is 6.18 Å². The molecule has 1 aromatic carbocycles. The maximum absolute atomic E-state index is 12.9. The Hall–Kier alpha value is -1.03. The van der Waals surface area contributed by atoms with Crippen LogP contribution in [0.2, 0.25) is 0 Å². The van der Waals surface area contributed by atoms with Gasteiger partial charge in [0.05, 0.1) is 5.56 Å². The van der Waals surface area contributed by atoms with Crippen LogP contribution in [-0.4, -0.2) is 6.54 Å². The first-order valence-corrected chi connectivity index (χ1v) is 6.63. The van der Waals surface area contributed by atoms with Crippen molar-refractivity contribution in [1.29, 1.82) is 0 Å². The third kappa shape index (κ3) is 4.53. The van der Waals surface area contributed by atoms with Gasteiger partial charge in [-0.05, 0) is 36.9 Å². The standard InChI is InChI=1S/C15H22F3N/c1-10(2)11(3)9-19-12(4)13-7-5-6-8-14(13)15(16,17)18/h5-8,10-12,19H,9H2,1-4H3. The highest BCUT2D eigenvalue weighted by Crippen LogP contribution is 2.34. The van der Waals surface area contributed by atoms with Crippen molar-refractivity contribution in [1.82, 2.24) is 5.32 Å². The van der Waals surface area contributed by atoms with Crippen molar-refractivity contribution in [3.05, 3.63) is 35.4 Å². The third-order valence-electron chi connectivity index (χ3n) is 3.62. The molecule has 1 nitrogen and oxygen atoms in total. The zero-order chi connectivity index (χ0) is 14.6. The molecular formula is C15H22F3N. The number of alkyl halides is 3. The van der Waals surface area contributed by atoms with Crippen LogP contribution in [0.25, 0.3) is 0 Å². The molecule has 0 aliphatic heterocycles. The van der Waals surface area contributed by atoms with Gasteiger partial charge in [0.2, 0.25) is 0 Å². The van der Waals surface area contributed by atoms with Gasteiger partial charge in [0.15, 0.2) is 0 Å². The third-order valence-corrected chi connectivity index (χ3v) is 3.62. The molecule has 0 spiro atoms. The molecule has 108 valence electrons. The summed E-state index contributed by atoms with van der Waals surface area (Å²) in [6, 6.07) is 5.45. The largest absolute Gasteiger partial charge is 0.416 e. The molecule has 1 rings (SSSR count). The lowest BCUT2D eigenvalue weighted by atomic mass is 9.96. The molecule has 0 aliphatic carbocycles. The summed E-state index contributed by atoms with van der Waals surface area (Å²) in [6.45, 7) is 8.81. The van der Waals surface area contributed by atoms with Gasteiger partial charge in [0.1, 0.15) is 0 Å². The minimum Gasteiger partial charge on any atom is -0.310 e. The van der Waals surface area contributed by atoms with E-state index in [0.29, 0.717) is 23.9 Å². The van der Waals surface area contributed by atoms with Crippen molar-refractivity contribution < 1.29 is 13.2 Å². The first kappa shape index (κ1) is 16.0. The molecule has 0 saturated heterocycles. The normalized spacial score (nSPS) is 15.6. The molecule has 0 bridgehead atoms. The van der Waals surface area contributed by atoms with Gasteiger partial charge in [-0.15, -0.1) is 0 Å². The Morgan fingerprint density at radius 3 is 2.16 bits per heavy atom. The fourth-order valence-electron chi connectivity index (χ4n) is 1.84. The van der Waals surface area contributed by atoms with E-state index in [1.165, 1.54) is 6.07 Å². The van der Waals surface area contributed by atoms with Crippen LogP contribution >= 0.6 is 0 Å². The van der Waals surface area contributed by atoms with Gasteiger partial charge in [-0.1, -0.05) is 39.0 Å². The molecule has 0 saturated carbocycles. The molecule has 1 N–H and O–H groups in total. The first-order valence-electron chi connectivity index (χ1n) is 6.63. The zero-order valence-electron chi connectivity index (χ0n) is 11.9. The average molecular weight is 273 g/mol. The second-order valence-electron chi connectivity index (χ2n) is 5.44. The smallest absolute Gasteiger partial charge is 0.310 e. The molecule has 4 heteroatoms. The average Bonchev–Trinajstić information content (AvgIpc) is 2.34. The molecule has 2 unspecified atom stereocenters. The Morgan fingerprint density at radius 1 is 1.05 bits per heavy atom. The first-order chi connectivity index (χ1) is 8.73. The van der Waals surface area contributed by atoms with E-state index in [2.05, 4.69) is 26.1 Å². The quantitative estimate of drug-likeness (QED) is 0.823. The van der Waals surface area contributed by atoms with Crippen LogP contribution in [0.4, 0.5) is 13.2 Å². The number of benzene rings is 1. The highest BCUT2D eigenvalue weighted by atomic mass is 19.4. The number of halogens is 3. The van der Waals surface area contributed by atoms with Gasteiger partial charge in [0.25, 0.3) is 0 Å². The van der Waals surface area contributed by atoms with Gasteiger partial charge in [-0.25, -0.2) is 0 Å². The van der Waals surface area contributed by atoms with Crippen molar-refractivity contribution in [3.63, 3.8) is 0 Å². The summed E-state index contributed by atoms with van der Waals surface area (Å²) >= 11 is 0. The number of hydrogen-bond donors (Lipinski definition) is 1. The summed E-state index contributed by atoms with van der Waals surface area (Å²) in [7, 11) is 0. The lowest BCUT2D eigenvalue weighted by molar-refractivity contribution is -0.138. The number of hydrogen-bond acceptors (Lipinski definition) is 1. The zero-order valence-corrected chi connectivity index (χ0v) is 11.9. The van der Waals surface area contributed by atoms with E-state index < -0.39 is 11.7 Å². The molecule has 0 aliphatic rings. The Labute approximate surface area is 113 Å². The highest BCUT2D eigenvalue weighted by molar-refractivity contribution is 5.32. The Kier molecular flexibility index (Phi) is 5.41. The molecule has 0 heterocycles. The molecule has 2 atom stereocenters. The summed E-state index contributed by atoms with van der Waals surface area (Å²) in [6.07, 6.45) is -4.30. The maximum atomic E-state index is 12.9. The van der Waals surface area contributed by atoms with E-state index in [-0.39, 0.29) is 6.04 Å². The number of nitrogens with one attached hydrogen (secondary N) is 1. The summed E-state index contributed by atoms with van der Waals surface area (Å²) < 4.78 is 38.7. The van der Waals surface area contributed by atoms with Crippen molar-refractivity contribution in [2.75, 3.05) is 6.54 Å². The number of rotatable bonds is 5. The van der Waals surface area contributed by atoms with Crippen LogP contribution in [0.5, 0.6) is 0 Å². The summed E-state index contributed by atoms with van der Waals surface area (Å²) in [5.74, 6) is 0.943. The second-order valence-corrected chi connectivity index (χ2v) is 5.44. The van der Waals surface area contributed by atoms with Gasteiger partial charge in [0, 0.05) is 6.04 Å². The Balaban J connectivity index is 2.80. The van der Waals surface area contributed by atoms with Crippen LogP contribution in [-0.2, 0) is 6.18 Å². The lowest BCUT2D eigenvalue weighted by Gasteiger charge is -2.23. The van der Waals surface area contributed by atoms with Gasteiger partial charge < -0.3 is 5.32 Å². The van der Waals surface area contributed by atoms with Crippen molar-refractivity contribution in [2.24, 2.45) is 11.8 Å². The van der Waals surface area contributed by atoms with Crippen LogP contribution in [0.15, 0.2) is 24.3 Å². The molecule has 0 radical (unpaired) electrons.